The van der Waals surface area contributed by atoms with E-state index in [4.69, 9.17) is 5.11 Å². The van der Waals surface area contributed by atoms with Crippen molar-refractivity contribution in [3.8, 4) is 0 Å². The van der Waals surface area contributed by atoms with Crippen LogP contribution in [0.1, 0.15) is 64.7 Å². The van der Waals surface area contributed by atoms with Crippen LogP contribution in [0.5, 0.6) is 0 Å². The fourth-order valence-corrected chi connectivity index (χ4v) is 2.79. The third-order valence-electron chi connectivity index (χ3n) is 3.72. The highest BCUT2D eigenvalue weighted by Gasteiger charge is 2.20. The van der Waals surface area contributed by atoms with Crippen molar-refractivity contribution in [2.45, 2.75) is 70.8 Å². The Labute approximate surface area is 101 Å². The second-order valence-corrected chi connectivity index (χ2v) is 5.11. The van der Waals surface area contributed by atoms with Gasteiger partial charge in [0.1, 0.15) is 0 Å². The first-order chi connectivity index (χ1) is 7.88. The first kappa shape index (κ1) is 14.0. The van der Waals surface area contributed by atoms with Gasteiger partial charge in [-0.15, -0.1) is 0 Å². The number of likely N-dealkylation sites (tertiary alicyclic amines) is 1. The molecule has 1 unspecified atom stereocenters. The standard InChI is InChI=1S/C14H29NO/c1-2-9-14-10-5-7-12-15(14)11-6-3-4-8-13-16/h14,16H,2-13H2,1H3. The predicted octanol–water partition coefficient (Wildman–Crippen LogP) is 3.19. The Bertz CT molecular complexity index is 159. The molecule has 0 radical (unpaired) electrons. The van der Waals surface area contributed by atoms with Gasteiger partial charge in [0.15, 0.2) is 0 Å². The molecule has 1 rings (SSSR count). The van der Waals surface area contributed by atoms with Gasteiger partial charge < -0.3 is 10.0 Å². The highest BCUT2D eigenvalue weighted by molar-refractivity contribution is 4.76. The van der Waals surface area contributed by atoms with Gasteiger partial charge in [0.25, 0.3) is 0 Å². The first-order valence-electron chi connectivity index (χ1n) is 7.23. The molecule has 1 atom stereocenters. The van der Waals surface area contributed by atoms with Gasteiger partial charge in [-0.3, -0.25) is 0 Å². The molecule has 1 heterocycles. The fraction of sp³-hybridized carbons (Fsp3) is 1.00. The summed E-state index contributed by atoms with van der Waals surface area (Å²) >= 11 is 0. The SMILES string of the molecule is CCCC1CCCCN1CCCCCCO. The summed E-state index contributed by atoms with van der Waals surface area (Å²) in [5.41, 5.74) is 0. The Morgan fingerprint density at radius 2 is 1.94 bits per heavy atom. The Balaban J connectivity index is 2.11. The summed E-state index contributed by atoms with van der Waals surface area (Å²) in [5.74, 6) is 0. The van der Waals surface area contributed by atoms with Gasteiger partial charge >= 0.3 is 0 Å². The van der Waals surface area contributed by atoms with Crippen molar-refractivity contribution in [3.05, 3.63) is 0 Å². The van der Waals surface area contributed by atoms with Crippen molar-refractivity contribution in [3.63, 3.8) is 0 Å². The lowest BCUT2D eigenvalue weighted by molar-refractivity contribution is 0.136. The molecule has 0 spiro atoms. The molecule has 1 aliphatic heterocycles. The molecule has 0 aromatic carbocycles. The summed E-state index contributed by atoms with van der Waals surface area (Å²) in [7, 11) is 0. The number of rotatable bonds is 8. The zero-order valence-electron chi connectivity index (χ0n) is 11.0. The largest absolute Gasteiger partial charge is 0.396 e. The number of hydrogen-bond acceptors (Lipinski definition) is 2. The highest BCUT2D eigenvalue weighted by Crippen LogP contribution is 2.21. The summed E-state index contributed by atoms with van der Waals surface area (Å²) in [6.45, 7) is 5.27. The molecule has 0 aromatic heterocycles. The molecular weight excluding hydrogens is 198 g/mol. The second kappa shape index (κ2) is 9.00. The maximum atomic E-state index is 8.72. The van der Waals surface area contributed by atoms with Crippen LogP contribution in [0.15, 0.2) is 0 Å². The van der Waals surface area contributed by atoms with E-state index in [-0.39, 0.29) is 0 Å². The number of unbranched alkanes of at least 4 members (excludes halogenated alkanes) is 3. The van der Waals surface area contributed by atoms with Gasteiger partial charge in [-0.05, 0) is 45.2 Å². The van der Waals surface area contributed by atoms with Crippen LogP contribution in [0.4, 0.5) is 0 Å². The summed E-state index contributed by atoms with van der Waals surface area (Å²) in [6, 6.07) is 0.872. The molecule has 96 valence electrons. The van der Waals surface area contributed by atoms with E-state index in [0.29, 0.717) is 6.61 Å². The molecule has 2 nitrogen and oxygen atoms in total. The van der Waals surface area contributed by atoms with Crippen LogP contribution in [0.2, 0.25) is 0 Å². The number of aliphatic hydroxyl groups excluding tert-OH is 1. The Morgan fingerprint density at radius 3 is 2.69 bits per heavy atom. The van der Waals surface area contributed by atoms with Crippen molar-refractivity contribution < 1.29 is 5.11 Å². The quantitative estimate of drug-likeness (QED) is 0.644. The summed E-state index contributed by atoms with van der Waals surface area (Å²) < 4.78 is 0. The summed E-state index contributed by atoms with van der Waals surface area (Å²) in [6.07, 6.45) is 11.8. The fourth-order valence-electron chi connectivity index (χ4n) is 2.79. The minimum atomic E-state index is 0.363. The molecule has 1 fully saturated rings. The zero-order chi connectivity index (χ0) is 11.6. The predicted molar refractivity (Wildman–Crippen MR) is 69.7 cm³/mol. The van der Waals surface area contributed by atoms with E-state index in [1.165, 1.54) is 64.5 Å². The molecule has 2 heteroatoms. The average molecular weight is 227 g/mol. The molecule has 1 aliphatic rings. The van der Waals surface area contributed by atoms with Gasteiger partial charge in [-0.25, -0.2) is 0 Å². The lowest BCUT2D eigenvalue weighted by Crippen LogP contribution is -2.39. The van der Waals surface area contributed by atoms with Crippen LogP contribution in [0.3, 0.4) is 0 Å². The topological polar surface area (TPSA) is 23.5 Å². The van der Waals surface area contributed by atoms with Crippen molar-refractivity contribution in [2.24, 2.45) is 0 Å². The van der Waals surface area contributed by atoms with Crippen molar-refractivity contribution in [1.29, 1.82) is 0 Å². The monoisotopic (exact) mass is 227 g/mol. The molecule has 0 saturated carbocycles. The minimum absolute atomic E-state index is 0.363. The van der Waals surface area contributed by atoms with E-state index in [0.717, 1.165) is 12.5 Å². The van der Waals surface area contributed by atoms with Crippen molar-refractivity contribution in [1.82, 2.24) is 4.90 Å². The third-order valence-corrected chi connectivity index (χ3v) is 3.72. The van der Waals surface area contributed by atoms with Crippen LogP contribution in [-0.2, 0) is 0 Å². The lowest BCUT2D eigenvalue weighted by atomic mass is 9.98. The van der Waals surface area contributed by atoms with E-state index >= 15 is 0 Å². The molecule has 0 bridgehead atoms. The maximum absolute atomic E-state index is 8.72. The molecule has 0 amide bonds. The molecule has 0 aliphatic carbocycles. The van der Waals surface area contributed by atoms with Crippen molar-refractivity contribution >= 4 is 0 Å². The second-order valence-electron chi connectivity index (χ2n) is 5.11. The number of aliphatic hydroxyl groups is 1. The summed E-state index contributed by atoms with van der Waals surface area (Å²) in [4.78, 5) is 2.71. The van der Waals surface area contributed by atoms with E-state index in [2.05, 4.69) is 11.8 Å². The number of nitrogens with zero attached hydrogens (tertiary/aromatic N) is 1. The Hall–Kier alpha value is -0.0800. The van der Waals surface area contributed by atoms with Crippen LogP contribution in [0, 0.1) is 0 Å². The number of piperidine rings is 1. The van der Waals surface area contributed by atoms with Gasteiger partial charge in [0.2, 0.25) is 0 Å². The molecule has 16 heavy (non-hydrogen) atoms. The maximum Gasteiger partial charge on any atom is 0.0431 e. The smallest absolute Gasteiger partial charge is 0.0431 e. The Morgan fingerprint density at radius 1 is 1.12 bits per heavy atom. The highest BCUT2D eigenvalue weighted by atomic mass is 16.2. The molecule has 1 N–H and O–H groups in total. The van der Waals surface area contributed by atoms with Crippen LogP contribution in [-0.4, -0.2) is 35.7 Å². The van der Waals surface area contributed by atoms with E-state index in [1.54, 1.807) is 0 Å². The summed E-state index contributed by atoms with van der Waals surface area (Å²) in [5, 5.41) is 8.72. The third kappa shape index (κ3) is 5.31. The molecular formula is C14H29NO. The van der Waals surface area contributed by atoms with Crippen LogP contribution < -0.4 is 0 Å². The number of hydrogen-bond donors (Lipinski definition) is 1. The van der Waals surface area contributed by atoms with E-state index < -0.39 is 0 Å². The normalized spacial score (nSPS) is 22.5. The minimum Gasteiger partial charge on any atom is -0.396 e. The first-order valence-corrected chi connectivity index (χ1v) is 7.23. The van der Waals surface area contributed by atoms with Gasteiger partial charge in [0.05, 0.1) is 0 Å². The lowest BCUT2D eigenvalue weighted by Gasteiger charge is -2.35. The van der Waals surface area contributed by atoms with Crippen LogP contribution in [0.25, 0.3) is 0 Å². The van der Waals surface area contributed by atoms with Gasteiger partial charge in [-0.2, -0.15) is 0 Å². The average Bonchev–Trinajstić information content (AvgIpc) is 2.31. The molecule has 1 saturated heterocycles. The van der Waals surface area contributed by atoms with Crippen molar-refractivity contribution in [2.75, 3.05) is 19.7 Å². The van der Waals surface area contributed by atoms with E-state index in [9.17, 15) is 0 Å². The van der Waals surface area contributed by atoms with Gasteiger partial charge in [-0.1, -0.05) is 32.6 Å². The van der Waals surface area contributed by atoms with Crippen LogP contribution >= 0.6 is 0 Å². The Kier molecular flexibility index (Phi) is 7.87. The molecule has 0 aromatic rings. The van der Waals surface area contributed by atoms with Gasteiger partial charge in [0, 0.05) is 12.6 Å². The van der Waals surface area contributed by atoms with E-state index in [1.807, 2.05) is 0 Å². The zero-order valence-corrected chi connectivity index (χ0v) is 11.0.